The number of aromatic nitrogens is 1. The van der Waals surface area contributed by atoms with Crippen molar-refractivity contribution in [3.8, 4) is 16.8 Å². The Bertz CT molecular complexity index is 1460. The zero-order chi connectivity index (χ0) is 20.8. The second-order valence-electron chi connectivity index (χ2n) is 6.90. The average Bonchev–Trinajstić information content (AvgIpc) is 3.09. The fraction of sp³-hybridized carbons (Fsp3) is 0. The Balaban J connectivity index is 1.91. The van der Waals surface area contributed by atoms with Crippen LogP contribution in [0.1, 0.15) is 0 Å². The number of hydrogen-bond acceptors (Lipinski definition) is 2. The zero-order valence-corrected chi connectivity index (χ0v) is 17.1. The van der Waals surface area contributed by atoms with Crippen LogP contribution >= 0.6 is 15.9 Å². The predicted octanol–water partition coefficient (Wildman–Crippen LogP) is 7.26. The van der Waals surface area contributed by atoms with Gasteiger partial charge in [0.15, 0.2) is 0 Å². The molecular weight excluding hydrogens is 447 g/mol. The van der Waals surface area contributed by atoms with E-state index in [4.69, 9.17) is 0 Å². The normalized spacial score (nSPS) is 11.3. The molecule has 0 aliphatic heterocycles. The molecule has 0 saturated carbocycles. The monoisotopic (exact) mass is 460 g/mol. The van der Waals surface area contributed by atoms with Crippen molar-refractivity contribution >= 4 is 43.4 Å². The molecule has 1 aromatic heterocycles. The van der Waals surface area contributed by atoms with Gasteiger partial charge in [0.1, 0.15) is 0 Å². The fourth-order valence-electron chi connectivity index (χ4n) is 3.99. The minimum absolute atomic E-state index is 0.192. The highest BCUT2D eigenvalue weighted by atomic mass is 79.9. The van der Waals surface area contributed by atoms with Gasteiger partial charge in [0, 0.05) is 32.4 Å². The van der Waals surface area contributed by atoms with Crippen LogP contribution in [-0.4, -0.2) is 9.49 Å². The summed E-state index contributed by atoms with van der Waals surface area (Å²) >= 11 is 3.66. The van der Waals surface area contributed by atoms with Crippen LogP contribution in [0, 0.1) is 15.9 Å². The molecule has 5 aromatic rings. The topological polar surface area (TPSA) is 48.1 Å². The molecule has 0 spiro atoms. The van der Waals surface area contributed by atoms with E-state index in [2.05, 4.69) is 32.6 Å². The molecule has 30 heavy (non-hydrogen) atoms. The van der Waals surface area contributed by atoms with E-state index in [-0.39, 0.29) is 5.56 Å². The molecular formula is C24H14BrFN2O2. The molecule has 0 N–H and O–H groups in total. The van der Waals surface area contributed by atoms with Gasteiger partial charge in [-0.15, -0.1) is 0 Å². The van der Waals surface area contributed by atoms with E-state index in [0.717, 1.165) is 32.0 Å². The first-order valence-corrected chi connectivity index (χ1v) is 10.1. The lowest BCUT2D eigenvalue weighted by molar-refractivity contribution is -0.387. The van der Waals surface area contributed by atoms with Crippen LogP contribution in [0.25, 0.3) is 38.6 Å². The van der Waals surface area contributed by atoms with Crippen molar-refractivity contribution < 1.29 is 9.31 Å². The molecule has 5 rings (SSSR count). The van der Waals surface area contributed by atoms with E-state index in [9.17, 15) is 10.1 Å². The van der Waals surface area contributed by atoms with Crippen molar-refractivity contribution in [1.82, 2.24) is 4.57 Å². The Hall–Kier alpha value is -3.51. The number of nitrogens with zero attached hydrogens (tertiary/aromatic N) is 2. The Labute approximate surface area is 179 Å². The third kappa shape index (κ3) is 2.72. The summed E-state index contributed by atoms with van der Waals surface area (Å²) in [6, 6.07) is 25.6. The van der Waals surface area contributed by atoms with Crippen LogP contribution in [0.3, 0.4) is 0 Å². The third-order valence-electron chi connectivity index (χ3n) is 5.26. The van der Waals surface area contributed by atoms with E-state index in [1.54, 1.807) is 18.2 Å². The van der Waals surface area contributed by atoms with Crippen molar-refractivity contribution in [2.75, 3.05) is 0 Å². The molecule has 0 aliphatic carbocycles. The summed E-state index contributed by atoms with van der Waals surface area (Å²) in [7, 11) is 0. The van der Waals surface area contributed by atoms with E-state index in [1.807, 2.05) is 42.5 Å². The summed E-state index contributed by atoms with van der Waals surface area (Å²) in [5, 5.41) is 13.4. The molecule has 0 unspecified atom stereocenters. The molecule has 0 fully saturated rings. The third-order valence-corrected chi connectivity index (χ3v) is 5.90. The minimum Gasteiger partial charge on any atom is -0.307 e. The maximum atomic E-state index is 15.1. The highest BCUT2D eigenvalue weighted by molar-refractivity contribution is 9.10. The summed E-state index contributed by atoms with van der Waals surface area (Å²) < 4.78 is 18.1. The van der Waals surface area contributed by atoms with E-state index in [0.29, 0.717) is 5.56 Å². The second kappa shape index (κ2) is 7.07. The van der Waals surface area contributed by atoms with Crippen LogP contribution < -0.4 is 0 Å². The van der Waals surface area contributed by atoms with Crippen molar-refractivity contribution in [2.45, 2.75) is 0 Å². The number of nitro groups is 1. The highest BCUT2D eigenvalue weighted by Gasteiger charge is 2.22. The molecule has 4 aromatic carbocycles. The van der Waals surface area contributed by atoms with Gasteiger partial charge in [0.25, 0.3) is 0 Å². The van der Waals surface area contributed by atoms with Gasteiger partial charge in [-0.25, -0.2) is 0 Å². The average molecular weight is 461 g/mol. The number of nitro benzene ring substituents is 1. The first kappa shape index (κ1) is 18.5. The van der Waals surface area contributed by atoms with Gasteiger partial charge < -0.3 is 4.57 Å². The Morgan fingerprint density at radius 2 is 1.47 bits per heavy atom. The van der Waals surface area contributed by atoms with Crippen molar-refractivity contribution in [3.05, 3.63) is 105 Å². The molecule has 0 saturated heterocycles. The molecule has 0 radical (unpaired) electrons. The lowest BCUT2D eigenvalue weighted by atomic mass is 10.0. The molecule has 0 bridgehead atoms. The van der Waals surface area contributed by atoms with Crippen LogP contribution in [0.2, 0.25) is 0 Å². The van der Waals surface area contributed by atoms with Crippen molar-refractivity contribution in [1.29, 1.82) is 0 Å². The van der Waals surface area contributed by atoms with Gasteiger partial charge in [0.2, 0.25) is 5.82 Å². The predicted molar refractivity (Wildman–Crippen MR) is 121 cm³/mol. The molecule has 0 aliphatic rings. The van der Waals surface area contributed by atoms with Crippen LogP contribution in [0.5, 0.6) is 0 Å². The molecule has 1 heterocycles. The quantitative estimate of drug-likeness (QED) is 0.210. The van der Waals surface area contributed by atoms with Crippen LogP contribution in [0.4, 0.5) is 10.1 Å². The number of fused-ring (bicyclic) bond motifs is 3. The Morgan fingerprint density at radius 3 is 2.30 bits per heavy atom. The summed E-state index contributed by atoms with van der Waals surface area (Å²) in [5.74, 6) is -0.838. The van der Waals surface area contributed by atoms with E-state index in [1.165, 1.54) is 12.1 Å². The Morgan fingerprint density at radius 1 is 0.800 bits per heavy atom. The molecule has 4 nitrogen and oxygen atoms in total. The van der Waals surface area contributed by atoms with Gasteiger partial charge >= 0.3 is 5.69 Å². The molecule has 0 atom stereocenters. The van der Waals surface area contributed by atoms with Gasteiger partial charge in [-0.3, -0.25) is 10.1 Å². The SMILES string of the molecule is O=[N+]([O-])c1cccc(-c2ccccc2-n2c3ccccc3c3cccc(Br)c32)c1F. The van der Waals surface area contributed by atoms with Gasteiger partial charge in [-0.1, -0.05) is 60.7 Å². The van der Waals surface area contributed by atoms with Crippen LogP contribution in [0.15, 0.2) is 89.4 Å². The number of benzene rings is 4. The van der Waals surface area contributed by atoms with E-state index < -0.39 is 16.4 Å². The Kier molecular flexibility index (Phi) is 4.37. The standard InChI is InChI=1S/C24H14BrFN2O2/c25-19-11-5-10-18-16-8-2-4-13-21(16)27(24(18)19)20-12-3-1-7-15(20)17-9-6-14-22(23(17)26)28(29)30/h1-14H. The number of para-hydroxylation sites is 3. The lowest BCUT2D eigenvalue weighted by Crippen LogP contribution is -2.00. The van der Waals surface area contributed by atoms with Gasteiger partial charge in [-0.05, 0) is 34.1 Å². The van der Waals surface area contributed by atoms with Crippen molar-refractivity contribution in [2.24, 2.45) is 0 Å². The number of halogens is 2. The first-order chi connectivity index (χ1) is 14.6. The first-order valence-electron chi connectivity index (χ1n) is 9.28. The maximum absolute atomic E-state index is 15.1. The fourth-order valence-corrected chi connectivity index (χ4v) is 4.54. The smallest absolute Gasteiger partial charge is 0.305 e. The maximum Gasteiger partial charge on any atom is 0.305 e. The molecule has 0 amide bonds. The summed E-state index contributed by atoms with van der Waals surface area (Å²) in [6.45, 7) is 0. The highest BCUT2D eigenvalue weighted by Crippen LogP contribution is 2.40. The summed E-state index contributed by atoms with van der Waals surface area (Å²) in [5.41, 5.74) is 2.91. The number of hydrogen-bond donors (Lipinski definition) is 0. The van der Waals surface area contributed by atoms with Gasteiger partial charge in [0.05, 0.1) is 21.6 Å². The molecule has 146 valence electrons. The second-order valence-corrected chi connectivity index (χ2v) is 7.76. The van der Waals surface area contributed by atoms with Crippen molar-refractivity contribution in [3.63, 3.8) is 0 Å². The zero-order valence-electron chi connectivity index (χ0n) is 15.5. The lowest BCUT2D eigenvalue weighted by Gasteiger charge is -2.15. The van der Waals surface area contributed by atoms with Crippen LogP contribution in [-0.2, 0) is 0 Å². The summed E-state index contributed by atoms with van der Waals surface area (Å²) in [6.07, 6.45) is 0. The van der Waals surface area contributed by atoms with Gasteiger partial charge in [-0.2, -0.15) is 4.39 Å². The number of rotatable bonds is 3. The largest absolute Gasteiger partial charge is 0.307 e. The minimum atomic E-state index is -0.838. The summed E-state index contributed by atoms with van der Waals surface area (Å²) in [4.78, 5) is 10.6. The van der Waals surface area contributed by atoms with E-state index >= 15 is 4.39 Å². The molecule has 6 heteroatoms.